The highest BCUT2D eigenvalue weighted by Crippen LogP contribution is 2.24. The molecule has 3 rings (SSSR count). The van der Waals surface area contributed by atoms with Crippen molar-refractivity contribution in [3.05, 3.63) is 28.6 Å². The first-order valence-electron chi connectivity index (χ1n) is 8.09. The van der Waals surface area contributed by atoms with Gasteiger partial charge in [0.2, 0.25) is 5.95 Å². The van der Waals surface area contributed by atoms with Gasteiger partial charge in [0.1, 0.15) is 5.82 Å². The Morgan fingerprint density at radius 3 is 2.79 bits per heavy atom. The average Bonchev–Trinajstić information content (AvgIpc) is 3.22. The van der Waals surface area contributed by atoms with Gasteiger partial charge in [-0.3, -0.25) is 9.58 Å². The van der Waals surface area contributed by atoms with Crippen molar-refractivity contribution < 1.29 is 0 Å². The van der Waals surface area contributed by atoms with Crippen molar-refractivity contribution in [2.24, 2.45) is 7.05 Å². The van der Waals surface area contributed by atoms with E-state index < -0.39 is 0 Å². The molecule has 0 saturated heterocycles. The van der Waals surface area contributed by atoms with Crippen LogP contribution in [0.4, 0.5) is 11.8 Å². The van der Waals surface area contributed by atoms with E-state index in [-0.39, 0.29) is 6.04 Å². The predicted molar refractivity (Wildman–Crippen MR) is 99.2 cm³/mol. The van der Waals surface area contributed by atoms with Crippen molar-refractivity contribution in [3.63, 3.8) is 0 Å². The number of fused-ring (bicyclic) bond motifs is 1. The third-order valence-electron chi connectivity index (χ3n) is 4.26. The minimum Gasteiger partial charge on any atom is -0.383 e. The van der Waals surface area contributed by atoms with Gasteiger partial charge in [0.05, 0.1) is 17.6 Å². The summed E-state index contributed by atoms with van der Waals surface area (Å²) in [7, 11) is 1.85. The lowest BCUT2D eigenvalue weighted by atomic mass is 10.1. The third kappa shape index (κ3) is 3.20. The van der Waals surface area contributed by atoms with Gasteiger partial charge in [0.25, 0.3) is 0 Å². The Labute approximate surface area is 145 Å². The number of aryl methyl sites for hydroxylation is 1. The van der Waals surface area contributed by atoms with Gasteiger partial charge in [-0.05, 0) is 35.5 Å². The number of likely N-dealkylation sites (N-methyl/N-ethyl adjacent to an activating group) is 1. The lowest BCUT2D eigenvalue weighted by molar-refractivity contribution is 0.228. The molecule has 128 valence electrons. The van der Waals surface area contributed by atoms with E-state index in [2.05, 4.69) is 56.0 Å². The van der Waals surface area contributed by atoms with Crippen LogP contribution in [0.25, 0.3) is 11.0 Å². The largest absolute Gasteiger partial charge is 0.383 e. The molecule has 0 spiro atoms. The number of aromatic nitrogens is 4. The molecule has 24 heavy (non-hydrogen) atoms. The molecule has 0 aliphatic heterocycles. The fraction of sp³-hybridized carbons (Fsp3) is 0.438. The monoisotopic (exact) mass is 345 g/mol. The molecule has 0 amide bonds. The first-order chi connectivity index (χ1) is 11.6. The van der Waals surface area contributed by atoms with Crippen molar-refractivity contribution in [2.75, 3.05) is 30.7 Å². The topological polar surface area (TPSA) is 84.9 Å². The van der Waals surface area contributed by atoms with Gasteiger partial charge in [-0.2, -0.15) is 26.4 Å². The summed E-state index contributed by atoms with van der Waals surface area (Å²) >= 11 is 1.72. The fourth-order valence-electron chi connectivity index (χ4n) is 2.90. The van der Waals surface area contributed by atoms with E-state index in [1.165, 1.54) is 5.56 Å². The Hall–Kier alpha value is -2.19. The molecule has 0 saturated carbocycles. The summed E-state index contributed by atoms with van der Waals surface area (Å²) in [4.78, 5) is 11.3. The van der Waals surface area contributed by atoms with Gasteiger partial charge >= 0.3 is 0 Å². The summed E-state index contributed by atoms with van der Waals surface area (Å²) in [5.74, 6) is 0.988. The molecule has 3 N–H and O–H groups in total. The zero-order chi connectivity index (χ0) is 17.1. The summed E-state index contributed by atoms with van der Waals surface area (Å²) in [6.45, 7) is 7.06. The first-order valence-corrected chi connectivity index (χ1v) is 9.03. The number of nitrogens with two attached hydrogens (primary N) is 1. The Bertz CT molecular complexity index is 792. The van der Waals surface area contributed by atoms with Gasteiger partial charge in [-0.25, -0.2) is 0 Å². The lowest BCUT2D eigenvalue weighted by Gasteiger charge is -2.29. The standard InChI is InChI=1S/C16H23N7S/c1-4-23(5-2)13(11-6-7-24-10-11)9-18-16-20-14(17)12-8-19-22(3)15(12)21-16/h6-8,10,13H,4-5,9H2,1-3H3,(H3,17,18,20,21)/t13-/m1/s1. The van der Waals surface area contributed by atoms with E-state index in [1.54, 1.807) is 22.2 Å². The third-order valence-corrected chi connectivity index (χ3v) is 4.96. The number of hydrogen-bond donors (Lipinski definition) is 2. The molecular weight excluding hydrogens is 322 g/mol. The summed E-state index contributed by atoms with van der Waals surface area (Å²) < 4.78 is 1.71. The number of hydrogen-bond acceptors (Lipinski definition) is 7. The Balaban J connectivity index is 1.83. The molecule has 0 aliphatic rings. The molecular formula is C16H23N7S. The normalized spacial score (nSPS) is 12.8. The first kappa shape index (κ1) is 16.7. The Morgan fingerprint density at radius 1 is 1.33 bits per heavy atom. The summed E-state index contributed by atoms with van der Waals surface area (Å²) in [5.41, 5.74) is 8.08. The maximum Gasteiger partial charge on any atom is 0.226 e. The Kier molecular flexibility index (Phi) is 4.96. The summed E-state index contributed by atoms with van der Waals surface area (Å²) in [5, 5.41) is 12.6. The second kappa shape index (κ2) is 7.14. The van der Waals surface area contributed by atoms with E-state index in [4.69, 9.17) is 5.73 Å². The van der Waals surface area contributed by atoms with Crippen LogP contribution >= 0.6 is 11.3 Å². The maximum atomic E-state index is 6.03. The number of nitrogen functional groups attached to an aromatic ring is 1. The van der Waals surface area contributed by atoms with Gasteiger partial charge in [0.15, 0.2) is 5.65 Å². The molecule has 0 radical (unpaired) electrons. The van der Waals surface area contributed by atoms with Crippen molar-refractivity contribution >= 4 is 34.1 Å². The molecule has 0 unspecified atom stereocenters. The van der Waals surface area contributed by atoms with Crippen molar-refractivity contribution in [1.82, 2.24) is 24.6 Å². The van der Waals surface area contributed by atoms with Crippen LogP contribution in [0.2, 0.25) is 0 Å². The molecule has 8 heteroatoms. The maximum absolute atomic E-state index is 6.03. The van der Waals surface area contributed by atoms with Gasteiger partial charge in [-0.1, -0.05) is 13.8 Å². The number of nitrogens with zero attached hydrogens (tertiary/aromatic N) is 5. The minimum absolute atomic E-state index is 0.276. The zero-order valence-electron chi connectivity index (χ0n) is 14.2. The molecule has 0 aliphatic carbocycles. The molecule has 0 fully saturated rings. The number of anilines is 2. The van der Waals surface area contributed by atoms with Gasteiger partial charge in [0, 0.05) is 13.6 Å². The van der Waals surface area contributed by atoms with E-state index in [0.717, 1.165) is 30.7 Å². The van der Waals surface area contributed by atoms with Crippen LogP contribution in [0.5, 0.6) is 0 Å². The quantitative estimate of drug-likeness (QED) is 0.684. The molecule has 3 heterocycles. The van der Waals surface area contributed by atoms with Crippen molar-refractivity contribution in [1.29, 1.82) is 0 Å². The number of rotatable bonds is 7. The van der Waals surface area contributed by atoms with E-state index in [9.17, 15) is 0 Å². The molecule has 3 aromatic heterocycles. The minimum atomic E-state index is 0.276. The van der Waals surface area contributed by atoms with Gasteiger partial charge in [-0.15, -0.1) is 0 Å². The highest BCUT2D eigenvalue weighted by atomic mass is 32.1. The zero-order valence-corrected chi connectivity index (χ0v) is 15.0. The second-order valence-corrected chi connectivity index (χ2v) is 6.39. The summed E-state index contributed by atoms with van der Waals surface area (Å²) in [6, 6.07) is 2.45. The average molecular weight is 345 g/mol. The van der Waals surface area contributed by atoms with Crippen LogP contribution < -0.4 is 11.1 Å². The van der Waals surface area contributed by atoms with Crippen molar-refractivity contribution in [3.8, 4) is 0 Å². The number of thiophene rings is 1. The molecule has 7 nitrogen and oxygen atoms in total. The van der Waals surface area contributed by atoms with E-state index in [1.807, 2.05) is 7.05 Å². The van der Waals surface area contributed by atoms with Crippen LogP contribution in [0.1, 0.15) is 25.5 Å². The van der Waals surface area contributed by atoms with E-state index in [0.29, 0.717) is 11.8 Å². The second-order valence-electron chi connectivity index (χ2n) is 5.61. The summed E-state index contributed by atoms with van der Waals surface area (Å²) in [6.07, 6.45) is 1.69. The highest BCUT2D eigenvalue weighted by molar-refractivity contribution is 7.07. The smallest absolute Gasteiger partial charge is 0.226 e. The SMILES string of the molecule is CCN(CC)[C@H](CNc1nc(N)c2cnn(C)c2n1)c1ccsc1. The van der Waals surface area contributed by atoms with Crippen LogP contribution in [0, 0.1) is 0 Å². The number of nitrogens with one attached hydrogen (secondary N) is 1. The molecule has 0 aromatic carbocycles. The van der Waals surface area contributed by atoms with Crippen LogP contribution in [-0.4, -0.2) is 44.3 Å². The molecule has 3 aromatic rings. The van der Waals surface area contributed by atoms with Crippen LogP contribution in [-0.2, 0) is 7.05 Å². The van der Waals surface area contributed by atoms with Gasteiger partial charge < -0.3 is 11.1 Å². The highest BCUT2D eigenvalue weighted by Gasteiger charge is 2.19. The molecule has 1 atom stereocenters. The van der Waals surface area contributed by atoms with Crippen LogP contribution in [0.3, 0.4) is 0 Å². The van der Waals surface area contributed by atoms with E-state index >= 15 is 0 Å². The lowest BCUT2D eigenvalue weighted by Crippen LogP contribution is -2.33. The fourth-order valence-corrected chi connectivity index (χ4v) is 3.60. The Morgan fingerprint density at radius 2 is 2.12 bits per heavy atom. The molecule has 0 bridgehead atoms. The van der Waals surface area contributed by atoms with Crippen molar-refractivity contribution in [2.45, 2.75) is 19.9 Å². The predicted octanol–water partition coefficient (Wildman–Crippen LogP) is 2.50. The van der Waals surface area contributed by atoms with Crippen LogP contribution in [0.15, 0.2) is 23.0 Å².